The second-order valence-corrected chi connectivity index (χ2v) is 10.8. The number of carbonyl (C=O) groups excluding carboxylic acids is 2. The van der Waals surface area contributed by atoms with Crippen molar-refractivity contribution in [1.29, 1.82) is 5.26 Å². The standard InChI is InChI=1S/C31H34FN7O4/c1-20-15-24(4-5-26(20)38-13-11-37(19-40)12-14-38)35-29-7-9-34-30(36-29)22-3-6-27(23(16-22)17-33)43-28-8-10-39(18-25(28)32)31(42)21(2)41/h3-7,9,15-16,19,21,25,28,41H,8,10-14,18H2,1-2H3,(H,34,35,36)/t21-,25+,28-/m0/s1. The summed E-state index contributed by atoms with van der Waals surface area (Å²) in [5.41, 5.74) is 3.91. The van der Waals surface area contributed by atoms with E-state index in [1.54, 1.807) is 35.4 Å². The smallest absolute Gasteiger partial charge is 0.251 e. The molecule has 224 valence electrons. The van der Waals surface area contributed by atoms with E-state index in [9.17, 15) is 24.3 Å². The lowest BCUT2D eigenvalue weighted by Gasteiger charge is -2.35. The number of hydrogen-bond donors (Lipinski definition) is 2. The van der Waals surface area contributed by atoms with Crippen molar-refractivity contribution in [3.8, 4) is 23.2 Å². The lowest BCUT2D eigenvalue weighted by atomic mass is 10.0. The first kappa shape index (κ1) is 29.7. The Morgan fingerprint density at radius 2 is 1.98 bits per heavy atom. The summed E-state index contributed by atoms with van der Waals surface area (Å²) < 4.78 is 20.7. The first-order valence-corrected chi connectivity index (χ1v) is 14.2. The minimum absolute atomic E-state index is 0.178. The summed E-state index contributed by atoms with van der Waals surface area (Å²) in [6, 6.07) is 14.9. The first-order chi connectivity index (χ1) is 20.7. The van der Waals surface area contributed by atoms with Gasteiger partial charge in [-0.05, 0) is 61.9 Å². The number of benzene rings is 2. The van der Waals surface area contributed by atoms with Crippen LogP contribution < -0.4 is 15.0 Å². The van der Waals surface area contributed by atoms with Crippen LogP contribution in [0.3, 0.4) is 0 Å². The van der Waals surface area contributed by atoms with E-state index in [-0.39, 0.29) is 30.8 Å². The Morgan fingerprint density at radius 1 is 1.19 bits per heavy atom. The van der Waals surface area contributed by atoms with E-state index in [1.165, 1.54) is 11.8 Å². The fourth-order valence-electron chi connectivity index (χ4n) is 5.37. The van der Waals surface area contributed by atoms with Crippen LogP contribution in [0.5, 0.6) is 5.75 Å². The van der Waals surface area contributed by atoms with Gasteiger partial charge in [0.05, 0.1) is 12.1 Å². The Labute approximate surface area is 249 Å². The third kappa shape index (κ3) is 6.84. The molecule has 0 aliphatic carbocycles. The molecule has 2 N–H and O–H groups in total. The average molecular weight is 588 g/mol. The zero-order chi connectivity index (χ0) is 30.5. The number of aliphatic hydroxyl groups is 1. The molecule has 2 aromatic carbocycles. The molecule has 2 aliphatic rings. The highest BCUT2D eigenvalue weighted by molar-refractivity contribution is 5.80. The van der Waals surface area contributed by atoms with Crippen molar-refractivity contribution in [2.45, 2.75) is 38.6 Å². The number of nitriles is 1. The minimum atomic E-state index is -1.46. The molecule has 5 rings (SSSR count). The summed E-state index contributed by atoms with van der Waals surface area (Å²) in [5, 5.41) is 22.6. The molecule has 43 heavy (non-hydrogen) atoms. The van der Waals surface area contributed by atoms with Crippen LogP contribution in [0.4, 0.5) is 21.6 Å². The monoisotopic (exact) mass is 587 g/mol. The van der Waals surface area contributed by atoms with Gasteiger partial charge in [0, 0.05) is 62.3 Å². The molecule has 0 unspecified atom stereocenters. The van der Waals surface area contributed by atoms with Gasteiger partial charge in [0.25, 0.3) is 5.91 Å². The number of aromatic nitrogens is 2. The molecular weight excluding hydrogens is 553 g/mol. The Kier molecular flexibility index (Phi) is 9.01. The summed E-state index contributed by atoms with van der Waals surface area (Å²) in [4.78, 5) is 37.4. The van der Waals surface area contributed by atoms with Crippen LogP contribution in [0.1, 0.15) is 24.5 Å². The SMILES string of the molecule is Cc1cc(Nc2ccnc(-c3ccc(O[C@H]4CCN(C(=O)[C@H](C)O)C[C@H]4F)c(C#N)c3)n2)ccc1N1CCN(C=O)CC1. The van der Waals surface area contributed by atoms with Crippen molar-refractivity contribution in [3.05, 3.63) is 59.8 Å². The highest BCUT2D eigenvalue weighted by Crippen LogP contribution is 2.30. The summed E-state index contributed by atoms with van der Waals surface area (Å²) in [5.74, 6) is 0.710. The number of piperidine rings is 1. The zero-order valence-electron chi connectivity index (χ0n) is 24.1. The van der Waals surface area contributed by atoms with Crippen LogP contribution >= 0.6 is 0 Å². The van der Waals surface area contributed by atoms with E-state index in [0.717, 1.165) is 36.4 Å². The first-order valence-electron chi connectivity index (χ1n) is 14.2. The number of aliphatic hydroxyl groups excluding tert-OH is 1. The molecule has 3 aromatic rings. The van der Waals surface area contributed by atoms with E-state index in [0.29, 0.717) is 30.3 Å². The molecular formula is C31H34FN7O4. The number of rotatable bonds is 8. The molecule has 11 nitrogen and oxygen atoms in total. The number of piperazine rings is 1. The quantitative estimate of drug-likeness (QED) is 0.381. The number of halogens is 1. The predicted octanol–water partition coefficient (Wildman–Crippen LogP) is 3.04. The molecule has 12 heteroatoms. The molecule has 0 bridgehead atoms. The molecule has 2 amide bonds. The van der Waals surface area contributed by atoms with Gasteiger partial charge < -0.3 is 29.9 Å². The lowest BCUT2D eigenvalue weighted by molar-refractivity contribution is -0.143. The second-order valence-electron chi connectivity index (χ2n) is 10.8. The number of amides is 2. The third-order valence-electron chi connectivity index (χ3n) is 7.72. The molecule has 0 spiro atoms. The minimum Gasteiger partial charge on any atom is -0.486 e. The number of hydrogen-bond acceptors (Lipinski definition) is 9. The van der Waals surface area contributed by atoms with E-state index in [1.807, 2.05) is 12.1 Å². The number of carbonyl (C=O) groups is 2. The van der Waals surface area contributed by atoms with Crippen molar-refractivity contribution in [2.24, 2.45) is 0 Å². The van der Waals surface area contributed by atoms with Crippen LogP contribution in [0.25, 0.3) is 11.4 Å². The third-order valence-corrected chi connectivity index (χ3v) is 7.72. The summed E-state index contributed by atoms with van der Waals surface area (Å²) in [6.07, 6.45) is -0.709. The number of likely N-dealkylation sites (tertiary alicyclic amines) is 1. The van der Waals surface area contributed by atoms with Gasteiger partial charge in [0.1, 0.15) is 29.8 Å². The number of nitrogens with one attached hydrogen (secondary N) is 1. The van der Waals surface area contributed by atoms with Crippen molar-refractivity contribution in [2.75, 3.05) is 49.5 Å². The molecule has 3 atom stereocenters. The average Bonchev–Trinajstić information content (AvgIpc) is 3.02. The molecule has 2 aliphatic heterocycles. The fraction of sp³-hybridized carbons (Fsp3) is 0.387. The Balaban J connectivity index is 1.25. The maximum absolute atomic E-state index is 14.9. The number of anilines is 3. The van der Waals surface area contributed by atoms with E-state index in [2.05, 4.69) is 39.2 Å². The number of aryl methyl sites for hydroxylation is 1. The van der Waals surface area contributed by atoms with Gasteiger partial charge in [-0.15, -0.1) is 0 Å². The molecule has 0 saturated carbocycles. The van der Waals surface area contributed by atoms with Gasteiger partial charge in [-0.3, -0.25) is 9.59 Å². The molecule has 2 saturated heterocycles. The van der Waals surface area contributed by atoms with Crippen molar-refractivity contribution < 1.29 is 23.8 Å². The molecule has 2 fully saturated rings. The largest absolute Gasteiger partial charge is 0.486 e. The number of nitrogens with zero attached hydrogens (tertiary/aromatic N) is 6. The van der Waals surface area contributed by atoms with Crippen molar-refractivity contribution in [1.82, 2.24) is 19.8 Å². The Morgan fingerprint density at radius 3 is 2.65 bits per heavy atom. The second kappa shape index (κ2) is 13.0. The summed E-state index contributed by atoms with van der Waals surface area (Å²) >= 11 is 0. The van der Waals surface area contributed by atoms with Gasteiger partial charge in [-0.25, -0.2) is 14.4 Å². The van der Waals surface area contributed by atoms with Crippen LogP contribution in [0.15, 0.2) is 48.7 Å². The topological polar surface area (TPSA) is 135 Å². The Hall–Kier alpha value is -4.76. The maximum atomic E-state index is 14.9. The van der Waals surface area contributed by atoms with Gasteiger partial charge in [0.2, 0.25) is 6.41 Å². The summed E-state index contributed by atoms with van der Waals surface area (Å²) in [6.45, 7) is 6.46. The number of ether oxygens (including phenoxy) is 1. The van der Waals surface area contributed by atoms with E-state index in [4.69, 9.17) is 4.74 Å². The fourth-order valence-corrected chi connectivity index (χ4v) is 5.37. The van der Waals surface area contributed by atoms with Crippen molar-refractivity contribution >= 4 is 29.5 Å². The zero-order valence-corrected chi connectivity index (χ0v) is 24.1. The van der Waals surface area contributed by atoms with Gasteiger partial charge in [0.15, 0.2) is 12.0 Å². The molecule has 3 heterocycles. The van der Waals surface area contributed by atoms with Crippen LogP contribution in [-0.2, 0) is 9.59 Å². The highest BCUT2D eigenvalue weighted by Gasteiger charge is 2.34. The van der Waals surface area contributed by atoms with Crippen LogP contribution in [0, 0.1) is 18.3 Å². The van der Waals surface area contributed by atoms with Gasteiger partial charge in [-0.2, -0.15) is 5.26 Å². The van der Waals surface area contributed by atoms with Gasteiger partial charge in [-0.1, -0.05) is 0 Å². The van der Waals surface area contributed by atoms with E-state index >= 15 is 0 Å². The van der Waals surface area contributed by atoms with Crippen LogP contribution in [0.2, 0.25) is 0 Å². The predicted molar refractivity (Wildman–Crippen MR) is 159 cm³/mol. The number of alkyl halides is 1. The van der Waals surface area contributed by atoms with E-state index < -0.39 is 24.3 Å². The normalized spacial score (nSPS) is 19.4. The molecule has 1 aromatic heterocycles. The maximum Gasteiger partial charge on any atom is 0.251 e. The molecule has 0 radical (unpaired) electrons. The lowest BCUT2D eigenvalue weighted by Crippen LogP contribution is -2.51. The highest BCUT2D eigenvalue weighted by atomic mass is 19.1. The van der Waals surface area contributed by atoms with Crippen molar-refractivity contribution in [3.63, 3.8) is 0 Å². The van der Waals surface area contributed by atoms with Crippen LogP contribution in [-0.4, -0.2) is 94.8 Å². The Bertz CT molecular complexity index is 1520. The summed E-state index contributed by atoms with van der Waals surface area (Å²) in [7, 11) is 0. The van der Waals surface area contributed by atoms with Gasteiger partial charge >= 0.3 is 0 Å².